The number of rotatable bonds is 6. The molecule has 1 heterocycles. The summed E-state index contributed by atoms with van der Waals surface area (Å²) in [6.07, 6.45) is -0.341. The van der Waals surface area contributed by atoms with Gasteiger partial charge in [-0.05, 0) is 56.7 Å². The van der Waals surface area contributed by atoms with Crippen LogP contribution in [0.1, 0.15) is 42.7 Å². The van der Waals surface area contributed by atoms with E-state index < -0.39 is 24.0 Å². The molecular weight excluding hydrogens is 471 g/mol. The molecule has 3 rings (SSSR count). The molecule has 0 aromatic heterocycles. The maximum Gasteiger partial charge on any atom is 0.345 e. The van der Waals surface area contributed by atoms with Crippen molar-refractivity contribution in [2.75, 3.05) is 7.11 Å². The molecule has 1 atom stereocenters. The molecule has 0 spiro atoms. The molecule has 1 aliphatic rings. The molecule has 0 radical (unpaired) electrons. The van der Waals surface area contributed by atoms with Crippen molar-refractivity contribution in [2.24, 2.45) is 0 Å². The molecule has 33 heavy (non-hydrogen) atoms. The molecular formula is C23H22Cl2N2O6. The van der Waals surface area contributed by atoms with Crippen LogP contribution in [0, 0.1) is 0 Å². The highest BCUT2D eigenvalue weighted by atomic mass is 35.5. The van der Waals surface area contributed by atoms with Gasteiger partial charge in [-0.15, -0.1) is 0 Å². The maximum atomic E-state index is 12.7. The van der Waals surface area contributed by atoms with Gasteiger partial charge in [-0.3, -0.25) is 0 Å². The van der Waals surface area contributed by atoms with Crippen molar-refractivity contribution in [3.63, 3.8) is 0 Å². The summed E-state index contributed by atoms with van der Waals surface area (Å²) in [5, 5.41) is 5.83. The van der Waals surface area contributed by atoms with Gasteiger partial charge in [0.1, 0.15) is 0 Å². The zero-order chi connectivity index (χ0) is 24.3. The van der Waals surface area contributed by atoms with Crippen molar-refractivity contribution >= 4 is 41.2 Å². The fourth-order valence-corrected chi connectivity index (χ4v) is 3.74. The van der Waals surface area contributed by atoms with Crippen molar-refractivity contribution in [1.82, 2.24) is 10.6 Å². The fraction of sp³-hybridized carbons (Fsp3) is 0.261. The van der Waals surface area contributed by atoms with Crippen molar-refractivity contribution in [3.05, 3.63) is 68.8 Å². The predicted octanol–water partition coefficient (Wildman–Crippen LogP) is 4.80. The predicted molar refractivity (Wildman–Crippen MR) is 123 cm³/mol. The van der Waals surface area contributed by atoms with Crippen LogP contribution in [0.3, 0.4) is 0 Å². The van der Waals surface area contributed by atoms with E-state index in [-0.39, 0.29) is 33.8 Å². The molecule has 0 saturated carbocycles. The topological polar surface area (TPSA) is 103 Å². The van der Waals surface area contributed by atoms with E-state index in [0.29, 0.717) is 16.3 Å². The average Bonchev–Trinajstić information content (AvgIpc) is 2.72. The number of hydrogen-bond acceptors (Lipinski definition) is 6. The molecule has 0 fully saturated rings. The number of ether oxygens (including phenoxy) is 3. The van der Waals surface area contributed by atoms with Crippen molar-refractivity contribution in [3.8, 4) is 11.5 Å². The second kappa shape index (κ2) is 10.1. The van der Waals surface area contributed by atoms with Gasteiger partial charge in [-0.2, -0.15) is 0 Å². The lowest BCUT2D eigenvalue weighted by molar-refractivity contribution is -0.143. The summed E-state index contributed by atoms with van der Waals surface area (Å²) >= 11 is 12.0. The Morgan fingerprint density at radius 2 is 1.76 bits per heavy atom. The molecule has 2 aromatic rings. The number of urea groups is 1. The van der Waals surface area contributed by atoms with E-state index in [9.17, 15) is 14.4 Å². The lowest BCUT2D eigenvalue weighted by atomic mass is 9.95. The van der Waals surface area contributed by atoms with Crippen LogP contribution < -0.4 is 20.1 Å². The maximum absolute atomic E-state index is 12.7. The Bertz CT molecular complexity index is 1150. The van der Waals surface area contributed by atoms with E-state index in [4.69, 9.17) is 37.4 Å². The van der Waals surface area contributed by atoms with E-state index in [1.165, 1.54) is 31.4 Å². The number of carbonyl (C=O) groups is 3. The first-order chi connectivity index (χ1) is 15.6. The Labute approximate surface area is 200 Å². The summed E-state index contributed by atoms with van der Waals surface area (Å²) in [5.41, 5.74) is 1.29. The van der Waals surface area contributed by atoms with Gasteiger partial charge < -0.3 is 24.8 Å². The Morgan fingerprint density at radius 3 is 2.39 bits per heavy atom. The number of amides is 2. The highest BCUT2D eigenvalue weighted by molar-refractivity contribution is 6.36. The molecule has 8 nitrogen and oxygen atoms in total. The molecule has 1 unspecified atom stereocenters. The van der Waals surface area contributed by atoms with Crippen molar-refractivity contribution < 1.29 is 28.6 Å². The zero-order valence-electron chi connectivity index (χ0n) is 18.3. The summed E-state index contributed by atoms with van der Waals surface area (Å²) in [7, 11) is 1.40. The second-order valence-electron chi connectivity index (χ2n) is 7.45. The molecule has 2 aromatic carbocycles. The summed E-state index contributed by atoms with van der Waals surface area (Å²) in [6, 6.07) is 7.84. The standard InChI is InChI=1S/C23H22Cl2N2O6/c1-11(2)32-22(29)19-12(3)26-23(30)27-20(19)13-5-8-17(18(9-13)31-4)33-21(28)15-7-6-14(24)10-16(15)25/h5-11,20H,1-4H3,(H2,26,27,30). The van der Waals surface area contributed by atoms with Gasteiger partial charge in [0.15, 0.2) is 11.5 Å². The van der Waals surface area contributed by atoms with E-state index in [0.717, 1.165) is 0 Å². The van der Waals surface area contributed by atoms with E-state index in [1.54, 1.807) is 32.9 Å². The third-order valence-electron chi connectivity index (χ3n) is 4.71. The number of nitrogens with one attached hydrogen (secondary N) is 2. The summed E-state index contributed by atoms with van der Waals surface area (Å²) in [5.74, 6) is -0.917. The lowest BCUT2D eigenvalue weighted by Gasteiger charge is -2.29. The Hall–Kier alpha value is -3.23. The molecule has 1 aliphatic heterocycles. The second-order valence-corrected chi connectivity index (χ2v) is 8.29. The van der Waals surface area contributed by atoms with Crippen molar-refractivity contribution in [2.45, 2.75) is 32.9 Å². The van der Waals surface area contributed by atoms with Gasteiger partial charge in [-0.1, -0.05) is 29.3 Å². The average molecular weight is 493 g/mol. The minimum absolute atomic E-state index is 0.129. The monoisotopic (exact) mass is 492 g/mol. The van der Waals surface area contributed by atoms with Crippen LogP contribution >= 0.6 is 23.2 Å². The van der Waals surface area contributed by atoms with Crippen LogP contribution in [0.2, 0.25) is 10.0 Å². The summed E-state index contributed by atoms with van der Waals surface area (Å²) in [4.78, 5) is 37.4. The highest BCUT2D eigenvalue weighted by Crippen LogP contribution is 2.35. The summed E-state index contributed by atoms with van der Waals surface area (Å²) < 4.78 is 16.2. The first kappa shape index (κ1) is 24.4. The SMILES string of the molecule is COc1cc(C2NC(=O)NC(C)=C2C(=O)OC(C)C)ccc1OC(=O)c1ccc(Cl)cc1Cl. The Morgan fingerprint density at radius 1 is 1.03 bits per heavy atom. The Kier molecular flexibility index (Phi) is 7.50. The van der Waals surface area contributed by atoms with E-state index in [2.05, 4.69) is 10.6 Å². The Balaban J connectivity index is 1.93. The number of allylic oxidation sites excluding steroid dienone is 1. The van der Waals surface area contributed by atoms with Crippen LogP contribution in [-0.2, 0) is 9.53 Å². The number of hydrogen-bond donors (Lipinski definition) is 2. The van der Waals surface area contributed by atoms with Crippen LogP contribution in [0.25, 0.3) is 0 Å². The van der Waals surface area contributed by atoms with Crippen LogP contribution in [0.4, 0.5) is 4.79 Å². The van der Waals surface area contributed by atoms with E-state index >= 15 is 0 Å². The third-order valence-corrected chi connectivity index (χ3v) is 5.25. The van der Waals surface area contributed by atoms with E-state index in [1.807, 2.05) is 0 Å². The van der Waals surface area contributed by atoms with Gasteiger partial charge in [0, 0.05) is 10.7 Å². The molecule has 174 valence electrons. The number of benzene rings is 2. The minimum atomic E-state index is -0.797. The molecule has 2 amide bonds. The molecule has 0 bridgehead atoms. The minimum Gasteiger partial charge on any atom is -0.493 e. The zero-order valence-corrected chi connectivity index (χ0v) is 19.8. The van der Waals surface area contributed by atoms with Gasteiger partial charge in [0.05, 0.1) is 35.4 Å². The number of methoxy groups -OCH3 is 1. The first-order valence-corrected chi connectivity index (χ1v) is 10.7. The molecule has 0 aliphatic carbocycles. The lowest BCUT2D eigenvalue weighted by Crippen LogP contribution is -2.45. The molecule has 2 N–H and O–H groups in total. The normalized spacial score (nSPS) is 15.6. The summed E-state index contributed by atoms with van der Waals surface area (Å²) in [6.45, 7) is 5.08. The number of halogens is 2. The van der Waals surface area contributed by atoms with Crippen LogP contribution in [-0.4, -0.2) is 31.2 Å². The van der Waals surface area contributed by atoms with Gasteiger partial charge >= 0.3 is 18.0 Å². The highest BCUT2D eigenvalue weighted by Gasteiger charge is 2.33. The fourth-order valence-electron chi connectivity index (χ4n) is 3.25. The number of carbonyl (C=O) groups excluding carboxylic acids is 3. The smallest absolute Gasteiger partial charge is 0.345 e. The quantitative estimate of drug-likeness (QED) is 0.443. The molecule has 0 saturated heterocycles. The molecule has 10 heteroatoms. The van der Waals surface area contributed by atoms with Gasteiger partial charge in [0.2, 0.25) is 0 Å². The van der Waals surface area contributed by atoms with Gasteiger partial charge in [-0.25, -0.2) is 14.4 Å². The van der Waals surface area contributed by atoms with Gasteiger partial charge in [0.25, 0.3) is 0 Å². The number of esters is 2. The first-order valence-electron chi connectivity index (χ1n) is 9.95. The van der Waals surface area contributed by atoms with Crippen LogP contribution in [0.5, 0.6) is 11.5 Å². The van der Waals surface area contributed by atoms with Crippen molar-refractivity contribution in [1.29, 1.82) is 0 Å². The third kappa shape index (κ3) is 5.58. The largest absolute Gasteiger partial charge is 0.493 e. The van der Waals surface area contributed by atoms with Crippen LogP contribution in [0.15, 0.2) is 47.7 Å².